The van der Waals surface area contributed by atoms with Crippen LogP contribution in [-0.4, -0.2) is 42.1 Å². The third kappa shape index (κ3) is 2.96. The number of halogens is 1. The molecule has 2 nitrogen and oxygen atoms in total. The first-order chi connectivity index (χ1) is 9.15. The molecule has 110 valence electrons. The Morgan fingerprint density at radius 1 is 1.11 bits per heavy atom. The molecule has 2 saturated heterocycles. The zero-order valence-electron chi connectivity index (χ0n) is 12.6. The molecule has 0 aromatic heterocycles. The van der Waals surface area contributed by atoms with Gasteiger partial charge in [-0.15, -0.1) is 11.6 Å². The fraction of sp³-hybridized carbons (Fsp3) is 1.00. The normalized spacial score (nSPS) is 48.2. The van der Waals surface area contributed by atoms with Crippen LogP contribution in [0.2, 0.25) is 0 Å². The Kier molecular flexibility index (Phi) is 4.40. The SMILES string of the molecule is CC1CCCN2CC(C)[NH+](CC3CCC(Cl)CC3)C12. The molecule has 0 bridgehead atoms. The van der Waals surface area contributed by atoms with E-state index >= 15 is 0 Å². The first-order valence-corrected chi connectivity index (χ1v) is 8.82. The van der Waals surface area contributed by atoms with Crippen LogP contribution >= 0.6 is 11.6 Å². The Bertz CT molecular complexity index is 301. The van der Waals surface area contributed by atoms with Gasteiger partial charge in [0.05, 0.1) is 19.1 Å². The molecular formula is C16H30ClN2+. The summed E-state index contributed by atoms with van der Waals surface area (Å²) < 4.78 is 0. The number of hydrogen-bond donors (Lipinski definition) is 1. The molecule has 1 N–H and O–H groups in total. The highest BCUT2D eigenvalue weighted by molar-refractivity contribution is 6.20. The van der Waals surface area contributed by atoms with Gasteiger partial charge in [-0.3, -0.25) is 0 Å². The lowest BCUT2D eigenvalue weighted by Gasteiger charge is -2.38. The standard InChI is InChI=1S/C16H29ClN2/c1-12-4-3-9-18-10-13(2)19(16(12)18)11-14-5-7-15(17)8-6-14/h12-16H,3-11H2,1-2H3/p+1. The van der Waals surface area contributed by atoms with Gasteiger partial charge in [-0.1, -0.05) is 6.92 Å². The van der Waals surface area contributed by atoms with Crippen LogP contribution in [0.1, 0.15) is 52.4 Å². The number of fused-ring (bicyclic) bond motifs is 1. The molecule has 2 heterocycles. The molecule has 3 fully saturated rings. The van der Waals surface area contributed by atoms with Crippen LogP contribution in [0.5, 0.6) is 0 Å². The summed E-state index contributed by atoms with van der Waals surface area (Å²) >= 11 is 6.25. The van der Waals surface area contributed by atoms with E-state index in [4.69, 9.17) is 11.6 Å². The predicted octanol–water partition coefficient (Wildman–Crippen LogP) is 2.13. The van der Waals surface area contributed by atoms with Gasteiger partial charge in [0, 0.05) is 23.8 Å². The van der Waals surface area contributed by atoms with Crippen molar-refractivity contribution >= 4 is 11.6 Å². The van der Waals surface area contributed by atoms with E-state index in [1.807, 2.05) is 4.90 Å². The molecule has 19 heavy (non-hydrogen) atoms. The van der Waals surface area contributed by atoms with Gasteiger partial charge in [0.2, 0.25) is 0 Å². The first-order valence-electron chi connectivity index (χ1n) is 8.39. The number of nitrogens with one attached hydrogen (secondary N) is 1. The summed E-state index contributed by atoms with van der Waals surface area (Å²) in [6.45, 7) is 9.01. The lowest BCUT2D eigenvalue weighted by atomic mass is 9.87. The largest absolute Gasteiger partial charge is 0.316 e. The molecule has 2 aliphatic heterocycles. The monoisotopic (exact) mass is 285 g/mol. The smallest absolute Gasteiger partial charge is 0.146 e. The summed E-state index contributed by atoms with van der Waals surface area (Å²) in [6.07, 6.45) is 8.89. The lowest BCUT2D eigenvalue weighted by Crippen LogP contribution is -3.19. The van der Waals surface area contributed by atoms with Crippen LogP contribution in [0, 0.1) is 11.8 Å². The third-order valence-electron chi connectivity index (χ3n) is 5.86. The van der Waals surface area contributed by atoms with E-state index < -0.39 is 0 Å². The van der Waals surface area contributed by atoms with Crippen molar-refractivity contribution in [3.63, 3.8) is 0 Å². The number of nitrogens with zero attached hydrogens (tertiary/aromatic N) is 1. The molecule has 4 atom stereocenters. The van der Waals surface area contributed by atoms with Crippen LogP contribution in [0.3, 0.4) is 0 Å². The Hall–Kier alpha value is 0.210. The van der Waals surface area contributed by atoms with Gasteiger partial charge in [-0.25, -0.2) is 4.90 Å². The Morgan fingerprint density at radius 3 is 2.58 bits per heavy atom. The molecule has 0 spiro atoms. The summed E-state index contributed by atoms with van der Waals surface area (Å²) in [5.41, 5.74) is 0. The zero-order chi connectivity index (χ0) is 13.4. The quantitative estimate of drug-likeness (QED) is 0.764. The van der Waals surface area contributed by atoms with E-state index in [2.05, 4.69) is 18.7 Å². The predicted molar refractivity (Wildman–Crippen MR) is 80.6 cm³/mol. The lowest BCUT2D eigenvalue weighted by molar-refractivity contribution is -0.946. The first kappa shape index (κ1) is 14.2. The second kappa shape index (κ2) is 5.91. The van der Waals surface area contributed by atoms with E-state index in [1.165, 1.54) is 58.2 Å². The number of hydrogen-bond acceptors (Lipinski definition) is 1. The Labute approximate surface area is 123 Å². The van der Waals surface area contributed by atoms with Crippen molar-refractivity contribution in [1.29, 1.82) is 0 Å². The fourth-order valence-corrected chi connectivity index (χ4v) is 5.07. The average molecular weight is 286 g/mol. The van der Waals surface area contributed by atoms with Gasteiger partial charge < -0.3 is 4.90 Å². The summed E-state index contributed by atoms with van der Waals surface area (Å²) in [5, 5.41) is 0.465. The minimum absolute atomic E-state index is 0.465. The van der Waals surface area contributed by atoms with Gasteiger partial charge in [-0.2, -0.15) is 0 Å². The highest BCUT2D eigenvalue weighted by Crippen LogP contribution is 2.28. The number of piperidine rings is 1. The second-order valence-electron chi connectivity index (χ2n) is 7.36. The molecule has 3 aliphatic rings. The zero-order valence-corrected chi connectivity index (χ0v) is 13.3. The molecule has 4 unspecified atom stereocenters. The van der Waals surface area contributed by atoms with E-state index in [-0.39, 0.29) is 0 Å². The van der Waals surface area contributed by atoms with Gasteiger partial charge in [-0.05, 0) is 45.4 Å². The van der Waals surface area contributed by atoms with Crippen LogP contribution in [0.4, 0.5) is 0 Å². The molecular weight excluding hydrogens is 256 g/mol. The molecule has 0 amide bonds. The molecule has 0 aromatic carbocycles. The van der Waals surface area contributed by atoms with Gasteiger partial charge in [0.15, 0.2) is 0 Å². The second-order valence-corrected chi connectivity index (χ2v) is 7.97. The topological polar surface area (TPSA) is 7.68 Å². The molecule has 0 aromatic rings. The highest BCUT2D eigenvalue weighted by atomic mass is 35.5. The summed E-state index contributed by atoms with van der Waals surface area (Å²) in [7, 11) is 0. The third-order valence-corrected chi connectivity index (χ3v) is 6.30. The van der Waals surface area contributed by atoms with Crippen molar-refractivity contribution in [2.24, 2.45) is 11.8 Å². The van der Waals surface area contributed by atoms with E-state index in [1.54, 1.807) is 0 Å². The average Bonchev–Trinajstić information content (AvgIpc) is 2.70. The van der Waals surface area contributed by atoms with Crippen LogP contribution < -0.4 is 4.90 Å². The Morgan fingerprint density at radius 2 is 1.84 bits per heavy atom. The van der Waals surface area contributed by atoms with Crippen molar-refractivity contribution in [2.75, 3.05) is 19.6 Å². The molecule has 3 rings (SSSR count). The van der Waals surface area contributed by atoms with E-state index in [0.717, 1.165) is 24.0 Å². The van der Waals surface area contributed by atoms with Crippen molar-refractivity contribution in [3.8, 4) is 0 Å². The summed E-state index contributed by atoms with van der Waals surface area (Å²) in [5.74, 6) is 1.82. The van der Waals surface area contributed by atoms with Crippen molar-refractivity contribution in [2.45, 2.75) is 70.0 Å². The maximum atomic E-state index is 6.25. The van der Waals surface area contributed by atoms with Crippen molar-refractivity contribution in [1.82, 2.24) is 4.90 Å². The molecule has 0 radical (unpaired) electrons. The number of quaternary nitrogens is 1. The van der Waals surface area contributed by atoms with Crippen molar-refractivity contribution < 1.29 is 4.90 Å². The summed E-state index contributed by atoms with van der Waals surface area (Å²) in [6, 6.07) is 0.833. The van der Waals surface area contributed by atoms with Crippen LogP contribution in [-0.2, 0) is 0 Å². The van der Waals surface area contributed by atoms with Crippen LogP contribution in [0.25, 0.3) is 0 Å². The number of rotatable bonds is 2. The minimum Gasteiger partial charge on any atom is -0.316 e. The maximum Gasteiger partial charge on any atom is 0.146 e. The van der Waals surface area contributed by atoms with Crippen LogP contribution in [0.15, 0.2) is 0 Å². The minimum atomic E-state index is 0.465. The van der Waals surface area contributed by atoms with Gasteiger partial charge in [0.25, 0.3) is 0 Å². The molecule has 1 aliphatic carbocycles. The molecule has 3 heteroatoms. The summed E-state index contributed by atoms with van der Waals surface area (Å²) in [4.78, 5) is 4.67. The Balaban J connectivity index is 1.62. The van der Waals surface area contributed by atoms with Gasteiger partial charge in [0.1, 0.15) is 6.17 Å². The fourth-order valence-electron chi connectivity index (χ4n) is 4.82. The van der Waals surface area contributed by atoms with E-state index in [9.17, 15) is 0 Å². The van der Waals surface area contributed by atoms with Crippen molar-refractivity contribution in [3.05, 3.63) is 0 Å². The maximum absolute atomic E-state index is 6.25. The van der Waals surface area contributed by atoms with Gasteiger partial charge >= 0.3 is 0 Å². The highest BCUT2D eigenvalue weighted by Gasteiger charge is 2.46. The number of alkyl halides is 1. The van der Waals surface area contributed by atoms with E-state index in [0.29, 0.717) is 5.38 Å². The molecule has 1 saturated carbocycles.